The van der Waals surface area contributed by atoms with E-state index >= 15 is 0 Å². The Bertz CT molecular complexity index is 279. The van der Waals surface area contributed by atoms with Crippen molar-refractivity contribution in [2.75, 3.05) is 13.2 Å². The molecule has 0 saturated carbocycles. The van der Waals surface area contributed by atoms with E-state index < -0.39 is 0 Å². The van der Waals surface area contributed by atoms with Crippen LogP contribution in [-0.2, 0) is 19.1 Å². The Balaban J connectivity index is 3.91. The first-order valence-corrected chi connectivity index (χ1v) is 5.84. The maximum absolute atomic E-state index is 11.1. The van der Waals surface area contributed by atoms with Gasteiger partial charge in [-0.1, -0.05) is 19.9 Å². The second-order valence-electron chi connectivity index (χ2n) is 4.61. The van der Waals surface area contributed by atoms with E-state index in [4.69, 9.17) is 9.47 Å². The smallest absolute Gasteiger partial charge is 0.330 e. The van der Waals surface area contributed by atoms with Crippen molar-refractivity contribution in [2.45, 2.75) is 40.5 Å². The fourth-order valence-electron chi connectivity index (χ4n) is 1.24. The summed E-state index contributed by atoms with van der Waals surface area (Å²) in [5.74, 6) is -0.578. The first kappa shape index (κ1) is 15.7. The Morgan fingerprint density at radius 2 is 1.88 bits per heavy atom. The lowest BCUT2D eigenvalue weighted by Gasteiger charge is -2.22. The van der Waals surface area contributed by atoms with E-state index in [9.17, 15) is 9.59 Å². The van der Waals surface area contributed by atoms with E-state index in [0.717, 1.165) is 12.8 Å². The van der Waals surface area contributed by atoms with Crippen LogP contribution in [0.4, 0.5) is 0 Å². The number of hydrogen-bond donors (Lipinski definition) is 0. The van der Waals surface area contributed by atoms with E-state index in [1.165, 1.54) is 13.0 Å². The van der Waals surface area contributed by atoms with Crippen molar-refractivity contribution >= 4 is 11.9 Å². The molecule has 0 heterocycles. The molecule has 0 saturated heterocycles. The Morgan fingerprint density at radius 3 is 2.41 bits per heavy atom. The molecule has 0 fully saturated rings. The number of carbonyl (C=O) groups is 2. The van der Waals surface area contributed by atoms with Crippen LogP contribution in [0.3, 0.4) is 0 Å². The Labute approximate surface area is 103 Å². The molecule has 17 heavy (non-hydrogen) atoms. The fraction of sp³-hybridized carbons (Fsp3) is 0.692. The van der Waals surface area contributed by atoms with Gasteiger partial charge in [-0.3, -0.25) is 4.79 Å². The van der Waals surface area contributed by atoms with Gasteiger partial charge in [0.2, 0.25) is 0 Å². The highest BCUT2D eigenvalue weighted by molar-refractivity contribution is 5.81. The zero-order valence-corrected chi connectivity index (χ0v) is 11.1. The lowest BCUT2D eigenvalue weighted by atomic mass is 9.86. The molecule has 98 valence electrons. The van der Waals surface area contributed by atoms with Crippen LogP contribution in [0.5, 0.6) is 0 Å². The van der Waals surface area contributed by atoms with E-state index in [1.807, 2.05) is 0 Å². The number of hydrogen-bond acceptors (Lipinski definition) is 4. The van der Waals surface area contributed by atoms with Gasteiger partial charge in [0.25, 0.3) is 0 Å². The van der Waals surface area contributed by atoms with Gasteiger partial charge in [0.05, 0.1) is 13.2 Å². The molecule has 0 aromatic rings. The molecule has 0 amide bonds. The van der Waals surface area contributed by atoms with Gasteiger partial charge >= 0.3 is 11.9 Å². The van der Waals surface area contributed by atoms with Gasteiger partial charge in [-0.25, -0.2) is 4.79 Å². The standard InChI is InChI=1S/C13H22O4/c1-5-16-12(15)7-6-8-13(3,4)9-10-17-11(2)14/h6-7H,5,8-10H2,1-4H3/b7-6+. The normalized spacial score (nSPS) is 11.5. The summed E-state index contributed by atoms with van der Waals surface area (Å²) in [4.78, 5) is 21.7. The van der Waals surface area contributed by atoms with E-state index in [0.29, 0.717) is 13.2 Å². The predicted molar refractivity (Wildman–Crippen MR) is 65.4 cm³/mol. The number of rotatable bonds is 7. The molecule has 0 unspecified atom stereocenters. The van der Waals surface area contributed by atoms with Gasteiger partial charge in [-0.15, -0.1) is 0 Å². The Hall–Kier alpha value is -1.32. The average molecular weight is 242 g/mol. The van der Waals surface area contributed by atoms with Crippen molar-refractivity contribution in [3.63, 3.8) is 0 Å². The summed E-state index contributed by atoms with van der Waals surface area (Å²) in [5.41, 5.74) is -0.00154. The number of ether oxygens (including phenoxy) is 2. The zero-order valence-electron chi connectivity index (χ0n) is 11.1. The van der Waals surface area contributed by atoms with E-state index in [2.05, 4.69) is 13.8 Å². The summed E-state index contributed by atoms with van der Waals surface area (Å²) in [5, 5.41) is 0. The third kappa shape index (κ3) is 9.60. The minimum absolute atomic E-state index is 0.00154. The maximum atomic E-state index is 11.1. The van der Waals surface area contributed by atoms with Crippen LogP contribution in [0.2, 0.25) is 0 Å². The van der Waals surface area contributed by atoms with Crippen LogP contribution in [0, 0.1) is 5.41 Å². The molecule has 0 aromatic carbocycles. The summed E-state index contributed by atoms with van der Waals surface area (Å²) in [6.07, 6.45) is 4.75. The lowest BCUT2D eigenvalue weighted by molar-refractivity contribution is -0.141. The fourth-order valence-corrected chi connectivity index (χ4v) is 1.24. The minimum Gasteiger partial charge on any atom is -0.466 e. The summed E-state index contributed by atoms with van der Waals surface area (Å²) < 4.78 is 9.66. The van der Waals surface area contributed by atoms with E-state index in [-0.39, 0.29) is 17.4 Å². The number of carbonyl (C=O) groups excluding carboxylic acids is 2. The van der Waals surface area contributed by atoms with Crippen molar-refractivity contribution in [2.24, 2.45) is 5.41 Å². The summed E-state index contributed by atoms with van der Waals surface area (Å²) in [6, 6.07) is 0. The molecular weight excluding hydrogens is 220 g/mol. The maximum Gasteiger partial charge on any atom is 0.330 e. The van der Waals surface area contributed by atoms with Gasteiger partial charge in [-0.2, -0.15) is 0 Å². The summed E-state index contributed by atoms with van der Waals surface area (Å²) >= 11 is 0. The molecule has 0 rings (SSSR count). The van der Waals surface area contributed by atoms with Crippen LogP contribution in [-0.4, -0.2) is 25.2 Å². The highest BCUT2D eigenvalue weighted by Crippen LogP contribution is 2.25. The summed E-state index contributed by atoms with van der Waals surface area (Å²) in [7, 11) is 0. The van der Waals surface area contributed by atoms with Crippen LogP contribution in [0.1, 0.15) is 40.5 Å². The van der Waals surface area contributed by atoms with Crippen molar-refractivity contribution in [1.29, 1.82) is 0 Å². The molecule has 4 nitrogen and oxygen atoms in total. The molecule has 0 N–H and O–H groups in total. The first-order chi connectivity index (χ1) is 7.87. The van der Waals surface area contributed by atoms with Gasteiger partial charge in [0, 0.05) is 13.0 Å². The molecule has 0 radical (unpaired) electrons. The lowest BCUT2D eigenvalue weighted by Crippen LogP contribution is -2.15. The van der Waals surface area contributed by atoms with Crippen molar-refractivity contribution in [1.82, 2.24) is 0 Å². The molecule has 4 heteroatoms. The van der Waals surface area contributed by atoms with Gasteiger partial charge in [0.1, 0.15) is 0 Å². The summed E-state index contributed by atoms with van der Waals surface area (Å²) in [6.45, 7) is 8.09. The molecule has 0 aliphatic carbocycles. The van der Waals surface area contributed by atoms with Gasteiger partial charge < -0.3 is 9.47 Å². The first-order valence-electron chi connectivity index (χ1n) is 5.84. The third-order valence-electron chi connectivity index (χ3n) is 2.30. The second kappa shape index (κ2) is 7.87. The van der Waals surface area contributed by atoms with Crippen molar-refractivity contribution < 1.29 is 19.1 Å². The second-order valence-corrected chi connectivity index (χ2v) is 4.61. The number of allylic oxidation sites excluding steroid dienone is 1. The molecule has 0 aromatic heterocycles. The average Bonchev–Trinajstić information content (AvgIpc) is 2.16. The Kier molecular flexibility index (Phi) is 7.26. The van der Waals surface area contributed by atoms with Crippen LogP contribution >= 0.6 is 0 Å². The predicted octanol–water partition coefficient (Wildman–Crippen LogP) is 2.48. The largest absolute Gasteiger partial charge is 0.466 e. The quantitative estimate of drug-likeness (QED) is 0.508. The SMILES string of the molecule is CCOC(=O)/C=C/CC(C)(C)CCOC(C)=O. The zero-order chi connectivity index (χ0) is 13.3. The highest BCUT2D eigenvalue weighted by atomic mass is 16.5. The topological polar surface area (TPSA) is 52.6 Å². The van der Waals surface area contributed by atoms with Crippen molar-refractivity contribution in [3.8, 4) is 0 Å². The molecule has 0 bridgehead atoms. The van der Waals surface area contributed by atoms with Gasteiger partial charge in [0.15, 0.2) is 0 Å². The van der Waals surface area contributed by atoms with Gasteiger partial charge in [-0.05, 0) is 25.2 Å². The monoisotopic (exact) mass is 242 g/mol. The molecular formula is C13H22O4. The minimum atomic E-state index is -0.316. The van der Waals surface area contributed by atoms with Crippen LogP contribution in [0.25, 0.3) is 0 Å². The van der Waals surface area contributed by atoms with Crippen LogP contribution < -0.4 is 0 Å². The van der Waals surface area contributed by atoms with Crippen LogP contribution in [0.15, 0.2) is 12.2 Å². The van der Waals surface area contributed by atoms with E-state index in [1.54, 1.807) is 13.0 Å². The third-order valence-corrected chi connectivity index (χ3v) is 2.30. The van der Waals surface area contributed by atoms with Crippen molar-refractivity contribution in [3.05, 3.63) is 12.2 Å². The molecule has 0 aliphatic heterocycles. The molecule has 0 atom stereocenters. The molecule has 0 spiro atoms. The number of esters is 2. The highest BCUT2D eigenvalue weighted by Gasteiger charge is 2.16. The Morgan fingerprint density at radius 1 is 1.24 bits per heavy atom. The molecule has 0 aliphatic rings.